The SMILES string of the molecule is c1ccc(-c2ccc(-c3ccc(N(c4cccc(-c5ccc(-c6ccccc6)cc5)c4)c4ccc5c(c4)oc4ccc6nc(-c7ccccc7)sc6c45)cc3)cc2)cc1. The van der Waals surface area contributed by atoms with Crippen LogP contribution in [-0.2, 0) is 0 Å². The van der Waals surface area contributed by atoms with Crippen molar-refractivity contribution in [1.29, 1.82) is 0 Å². The fourth-order valence-corrected chi connectivity index (χ4v) is 9.25. The Hall–Kier alpha value is -7.53. The second-order valence-electron chi connectivity index (χ2n) is 14.8. The topological polar surface area (TPSA) is 29.3 Å². The Morgan fingerprint density at radius 1 is 0.356 bits per heavy atom. The highest BCUT2D eigenvalue weighted by Gasteiger charge is 2.19. The van der Waals surface area contributed by atoms with Gasteiger partial charge < -0.3 is 9.32 Å². The molecule has 0 aliphatic heterocycles. The normalized spacial score (nSPS) is 11.4. The molecule has 0 aliphatic rings. The summed E-state index contributed by atoms with van der Waals surface area (Å²) in [6, 6.07) is 77.5. The van der Waals surface area contributed by atoms with Crippen LogP contribution in [0.3, 0.4) is 0 Å². The molecular weight excluding hydrogens is 737 g/mol. The number of benzene rings is 9. The molecule has 0 bridgehead atoms. The second-order valence-corrected chi connectivity index (χ2v) is 15.8. The molecule has 59 heavy (non-hydrogen) atoms. The maximum atomic E-state index is 6.65. The minimum Gasteiger partial charge on any atom is -0.456 e. The van der Waals surface area contributed by atoms with Crippen molar-refractivity contribution in [2.45, 2.75) is 0 Å². The number of anilines is 3. The van der Waals surface area contributed by atoms with E-state index in [2.05, 4.69) is 217 Å². The highest BCUT2D eigenvalue weighted by atomic mass is 32.1. The van der Waals surface area contributed by atoms with Gasteiger partial charge in [0.15, 0.2) is 0 Å². The predicted octanol–water partition coefficient (Wildman–Crippen LogP) is 16.0. The van der Waals surface area contributed by atoms with Crippen molar-refractivity contribution in [3.63, 3.8) is 0 Å². The molecule has 0 saturated carbocycles. The van der Waals surface area contributed by atoms with E-state index in [4.69, 9.17) is 9.40 Å². The second kappa shape index (κ2) is 14.8. The average Bonchev–Trinajstić information content (AvgIpc) is 3.92. The van der Waals surface area contributed by atoms with Crippen LogP contribution in [0.25, 0.3) is 87.2 Å². The Labute approximate surface area is 346 Å². The van der Waals surface area contributed by atoms with E-state index in [0.717, 1.165) is 76.5 Å². The fraction of sp³-hybridized carbons (Fsp3) is 0. The summed E-state index contributed by atoms with van der Waals surface area (Å²) in [7, 11) is 0. The number of thiazole rings is 1. The molecule has 0 spiro atoms. The molecular formula is C55H36N2OS. The van der Waals surface area contributed by atoms with Gasteiger partial charge in [-0.3, -0.25) is 0 Å². The number of nitrogens with zero attached hydrogens (tertiary/aromatic N) is 2. The van der Waals surface area contributed by atoms with Crippen LogP contribution < -0.4 is 4.90 Å². The predicted molar refractivity (Wildman–Crippen MR) is 249 cm³/mol. The number of hydrogen-bond acceptors (Lipinski definition) is 4. The van der Waals surface area contributed by atoms with Crippen LogP contribution in [0, 0.1) is 0 Å². The summed E-state index contributed by atoms with van der Waals surface area (Å²) in [5.41, 5.74) is 16.4. The lowest BCUT2D eigenvalue weighted by molar-refractivity contribution is 0.669. The molecule has 278 valence electrons. The van der Waals surface area contributed by atoms with Crippen molar-refractivity contribution in [1.82, 2.24) is 4.98 Å². The van der Waals surface area contributed by atoms with Crippen molar-refractivity contribution in [3.05, 3.63) is 218 Å². The molecule has 3 nitrogen and oxygen atoms in total. The summed E-state index contributed by atoms with van der Waals surface area (Å²) in [4.78, 5) is 7.34. The summed E-state index contributed by atoms with van der Waals surface area (Å²) < 4.78 is 7.79. The molecule has 9 aromatic carbocycles. The zero-order valence-corrected chi connectivity index (χ0v) is 32.8. The highest BCUT2D eigenvalue weighted by Crippen LogP contribution is 2.43. The minimum atomic E-state index is 0.840. The van der Waals surface area contributed by atoms with Crippen molar-refractivity contribution < 1.29 is 4.42 Å². The van der Waals surface area contributed by atoms with Gasteiger partial charge in [0.05, 0.1) is 10.2 Å². The van der Waals surface area contributed by atoms with Gasteiger partial charge in [0, 0.05) is 39.5 Å². The van der Waals surface area contributed by atoms with Crippen LogP contribution in [0.5, 0.6) is 0 Å². The Bertz CT molecular complexity index is 3230. The van der Waals surface area contributed by atoms with E-state index in [1.807, 2.05) is 6.07 Å². The Kier molecular flexibility index (Phi) is 8.68. The first-order valence-corrected chi connectivity index (χ1v) is 20.7. The molecule has 0 fully saturated rings. The summed E-state index contributed by atoms with van der Waals surface area (Å²) in [6.45, 7) is 0. The molecule has 2 aromatic heterocycles. The van der Waals surface area contributed by atoms with E-state index in [-0.39, 0.29) is 0 Å². The Balaban J connectivity index is 0.995. The molecule has 0 aliphatic carbocycles. The molecule has 2 heterocycles. The van der Waals surface area contributed by atoms with Crippen LogP contribution in [-0.4, -0.2) is 4.98 Å². The molecule has 0 N–H and O–H groups in total. The fourth-order valence-electron chi connectivity index (χ4n) is 8.12. The lowest BCUT2D eigenvalue weighted by Crippen LogP contribution is -2.10. The number of rotatable bonds is 8. The van der Waals surface area contributed by atoms with E-state index in [1.54, 1.807) is 11.3 Å². The van der Waals surface area contributed by atoms with E-state index in [9.17, 15) is 0 Å². The molecule has 0 amide bonds. The number of fused-ring (bicyclic) bond motifs is 5. The molecule has 0 saturated heterocycles. The van der Waals surface area contributed by atoms with Crippen molar-refractivity contribution in [3.8, 4) is 55.1 Å². The molecule has 11 aromatic rings. The maximum absolute atomic E-state index is 6.65. The van der Waals surface area contributed by atoms with Gasteiger partial charge in [0.25, 0.3) is 0 Å². The first kappa shape index (κ1) is 34.7. The molecule has 0 radical (unpaired) electrons. The van der Waals surface area contributed by atoms with Gasteiger partial charge in [-0.2, -0.15) is 0 Å². The van der Waals surface area contributed by atoms with E-state index >= 15 is 0 Å². The van der Waals surface area contributed by atoms with Gasteiger partial charge in [-0.25, -0.2) is 4.98 Å². The quantitative estimate of drug-likeness (QED) is 0.154. The molecule has 0 unspecified atom stereocenters. The number of furan rings is 1. The summed E-state index contributed by atoms with van der Waals surface area (Å²) >= 11 is 1.72. The first-order chi connectivity index (χ1) is 29.2. The smallest absolute Gasteiger partial charge is 0.137 e. The lowest BCUT2D eigenvalue weighted by Gasteiger charge is -2.26. The van der Waals surface area contributed by atoms with Gasteiger partial charge in [-0.1, -0.05) is 164 Å². The van der Waals surface area contributed by atoms with E-state index < -0.39 is 0 Å². The number of hydrogen-bond donors (Lipinski definition) is 0. The van der Waals surface area contributed by atoms with Crippen molar-refractivity contribution >= 4 is 60.6 Å². The minimum absolute atomic E-state index is 0.840. The first-order valence-electron chi connectivity index (χ1n) is 19.9. The molecule has 11 rings (SSSR count). The van der Waals surface area contributed by atoms with Crippen LogP contribution in [0.4, 0.5) is 17.1 Å². The van der Waals surface area contributed by atoms with Gasteiger partial charge in [0.1, 0.15) is 16.2 Å². The largest absolute Gasteiger partial charge is 0.456 e. The third-order valence-corrected chi connectivity index (χ3v) is 12.3. The Morgan fingerprint density at radius 2 is 0.831 bits per heavy atom. The van der Waals surface area contributed by atoms with E-state index in [1.165, 1.54) is 27.8 Å². The standard InChI is InChI=1S/C55H36N2OS/c1-4-11-37(12-5-1)39-19-21-41(22-20-39)42-27-29-46(30-28-42)57(47-18-10-17-45(35-47)43-25-23-40(24-26-43)38-13-6-2-7-14-38)48-31-32-49-52(36-48)58-51-34-33-50-54(53(49)51)59-55(56-50)44-15-8-3-9-16-44/h1-36H. The summed E-state index contributed by atoms with van der Waals surface area (Å²) in [6.07, 6.45) is 0. The van der Waals surface area contributed by atoms with Gasteiger partial charge in [-0.05, 0) is 93.0 Å². The van der Waals surface area contributed by atoms with Crippen LogP contribution >= 0.6 is 11.3 Å². The summed E-state index contributed by atoms with van der Waals surface area (Å²) in [5, 5.41) is 3.20. The molecule has 4 heteroatoms. The summed E-state index contributed by atoms with van der Waals surface area (Å²) in [5.74, 6) is 0. The van der Waals surface area contributed by atoms with Crippen LogP contribution in [0.15, 0.2) is 223 Å². The zero-order chi connectivity index (χ0) is 39.1. The van der Waals surface area contributed by atoms with E-state index in [0.29, 0.717) is 0 Å². The van der Waals surface area contributed by atoms with Gasteiger partial charge in [0.2, 0.25) is 0 Å². The van der Waals surface area contributed by atoms with Crippen molar-refractivity contribution in [2.24, 2.45) is 0 Å². The Morgan fingerprint density at radius 3 is 1.42 bits per heavy atom. The van der Waals surface area contributed by atoms with Gasteiger partial charge in [-0.15, -0.1) is 11.3 Å². The lowest BCUT2D eigenvalue weighted by atomic mass is 9.99. The van der Waals surface area contributed by atoms with Gasteiger partial charge >= 0.3 is 0 Å². The number of aromatic nitrogens is 1. The maximum Gasteiger partial charge on any atom is 0.137 e. The third kappa shape index (κ3) is 6.56. The van der Waals surface area contributed by atoms with Crippen molar-refractivity contribution in [2.75, 3.05) is 4.90 Å². The highest BCUT2D eigenvalue weighted by molar-refractivity contribution is 7.22. The zero-order valence-electron chi connectivity index (χ0n) is 32.0. The van der Waals surface area contributed by atoms with Crippen LogP contribution in [0.1, 0.15) is 0 Å². The third-order valence-electron chi connectivity index (χ3n) is 11.1. The molecule has 0 atom stereocenters. The monoisotopic (exact) mass is 772 g/mol. The average molecular weight is 773 g/mol. The van der Waals surface area contributed by atoms with Crippen LogP contribution in [0.2, 0.25) is 0 Å².